The second-order valence-electron chi connectivity index (χ2n) is 7.45. The van der Waals surface area contributed by atoms with Crippen LogP contribution in [0.15, 0.2) is 42.5 Å². The van der Waals surface area contributed by atoms with E-state index in [0.29, 0.717) is 12.3 Å². The zero-order chi connectivity index (χ0) is 18.9. The van der Waals surface area contributed by atoms with Gasteiger partial charge in [0.15, 0.2) is 0 Å². The van der Waals surface area contributed by atoms with Gasteiger partial charge in [0, 0.05) is 6.42 Å². The van der Waals surface area contributed by atoms with Crippen LogP contribution in [0, 0.1) is 5.92 Å². The number of aliphatic carboxylic acids is 1. The number of carbonyl (C=O) groups is 1. The summed E-state index contributed by atoms with van der Waals surface area (Å²) < 4.78 is 0. The van der Waals surface area contributed by atoms with E-state index in [1.54, 1.807) is 0 Å². The van der Waals surface area contributed by atoms with E-state index in [0.717, 1.165) is 25.7 Å². The number of hydrogen-bond donors (Lipinski definition) is 1. The second-order valence-corrected chi connectivity index (χ2v) is 7.45. The maximum Gasteiger partial charge on any atom is 0.303 e. The minimum absolute atomic E-state index is 0.307. The fourth-order valence-corrected chi connectivity index (χ4v) is 3.41. The lowest BCUT2D eigenvalue weighted by atomic mass is 9.91. The Labute approximate surface area is 160 Å². The number of carboxylic acids is 1. The van der Waals surface area contributed by atoms with E-state index in [1.807, 2.05) is 6.07 Å². The molecule has 0 amide bonds. The van der Waals surface area contributed by atoms with Crippen LogP contribution in [0.2, 0.25) is 0 Å². The number of unbranched alkanes of at least 4 members (excludes halogenated alkanes) is 7. The van der Waals surface area contributed by atoms with E-state index in [-0.39, 0.29) is 0 Å². The fraction of sp³-hybridized carbons (Fsp3) is 0.625. The molecule has 0 fully saturated rings. The first-order valence-electron chi connectivity index (χ1n) is 10.6. The third kappa shape index (κ3) is 12.7. The molecule has 2 heteroatoms. The van der Waals surface area contributed by atoms with Gasteiger partial charge in [-0.25, -0.2) is 0 Å². The average Bonchev–Trinajstić information content (AvgIpc) is 2.64. The Balaban J connectivity index is 2.11. The van der Waals surface area contributed by atoms with Gasteiger partial charge in [-0.2, -0.15) is 0 Å². The first kappa shape index (κ1) is 22.5. The summed E-state index contributed by atoms with van der Waals surface area (Å²) in [6, 6.07) is 10.4. The maximum absolute atomic E-state index is 11.1. The lowest BCUT2D eigenvalue weighted by molar-refractivity contribution is -0.138. The summed E-state index contributed by atoms with van der Waals surface area (Å²) in [4.78, 5) is 11.1. The van der Waals surface area contributed by atoms with E-state index < -0.39 is 5.97 Å². The van der Waals surface area contributed by atoms with Crippen LogP contribution in [0.5, 0.6) is 0 Å². The van der Waals surface area contributed by atoms with Crippen molar-refractivity contribution >= 4 is 5.97 Å². The van der Waals surface area contributed by atoms with Crippen molar-refractivity contribution in [2.75, 3.05) is 0 Å². The standard InChI is InChI=1S/C24H38O2/c1-2-3-4-5-6-7-8-9-10-11-13-18-23(21-24(25)26)20-19-22-16-14-12-15-17-22/h7-8,12,14-17,23H,2-6,9-11,13,18-21H2,1H3,(H,25,26)/b8-7-/t23-/m1/s1. The molecule has 146 valence electrons. The molecule has 1 atom stereocenters. The third-order valence-corrected chi connectivity index (χ3v) is 5.02. The van der Waals surface area contributed by atoms with Gasteiger partial charge in [-0.05, 0) is 56.4 Å². The first-order valence-corrected chi connectivity index (χ1v) is 10.6. The summed E-state index contributed by atoms with van der Waals surface area (Å²) in [5, 5.41) is 9.15. The lowest BCUT2D eigenvalue weighted by Crippen LogP contribution is -2.09. The molecular weight excluding hydrogens is 320 g/mol. The molecule has 0 bridgehead atoms. The fourth-order valence-electron chi connectivity index (χ4n) is 3.41. The predicted octanol–water partition coefficient (Wildman–Crippen LogP) is 7.19. The summed E-state index contributed by atoms with van der Waals surface area (Å²) in [5.41, 5.74) is 1.31. The highest BCUT2D eigenvalue weighted by Crippen LogP contribution is 2.21. The molecule has 0 aliphatic heterocycles. The Hall–Kier alpha value is -1.57. The topological polar surface area (TPSA) is 37.3 Å². The number of aryl methyl sites for hydroxylation is 1. The summed E-state index contributed by atoms with van der Waals surface area (Å²) in [6.07, 6.45) is 19.3. The number of rotatable bonds is 16. The predicted molar refractivity (Wildman–Crippen MR) is 111 cm³/mol. The Morgan fingerprint density at radius 1 is 0.923 bits per heavy atom. The van der Waals surface area contributed by atoms with Gasteiger partial charge in [-0.1, -0.05) is 81.5 Å². The molecule has 0 spiro atoms. The zero-order valence-electron chi connectivity index (χ0n) is 16.7. The van der Waals surface area contributed by atoms with Crippen LogP contribution in [0.1, 0.15) is 89.5 Å². The molecule has 0 unspecified atom stereocenters. The Bertz CT molecular complexity index is 478. The molecule has 0 aliphatic rings. The van der Waals surface area contributed by atoms with Gasteiger partial charge >= 0.3 is 5.97 Å². The largest absolute Gasteiger partial charge is 0.481 e. The molecule has 0 aliphatic carbocycles. The highest BCUT2D eigenvalue weighted by atomic mass is 16.4. The van der Waals surface area contributed by atoms with Crippen molar-refractivity contribution in [3.8, 4) is 0 Å². The van der Waals surface area contributed by atoms with Crippen LogP contribution >= 0.6 is 0 Å². The Kier molecular flexibility index (Phi) is 13.5. The lowest BCUT2D eigenvalue weighted by Gasteiger charge is -2.14. The number of allylic oxidation sites excluding steroid dienone is 2. The molecule has 2 nitrogen and oxygen atoms in total. The molecule has 1 N–H and O–H groups in total. The van der Waals surface area contributed by atoms with Gasteiger partial charge in [0.2, 0.25) is 0 Å². The van der Waals surface area contributed by atoms with Crippen LogP contribution < -0.4 is 0 Å². The Morgan fingerprint density at radius 2 is 1.58 bits per heavy atom. The quantitative estimate of drug-likeness (QED) is 0.251. The van der Waals surface area contributed by atoms with Gasteiger partial charge < -0.3 is 5.11 Å². The molecule has 26 heavy (non-hydrogen) atoms. The van der Waals surface area contributed by atoms with Gasteiger partial charge in [-0.15, -0.1) is 0 Å². The van der Waals surface area contributed by atoms with E-state index in [9.17, 15) is 4.79 Å². The van der Waals surface area contributed by atoms with Gasteiger partial charge in [0.1, 0.15) is 0 Å². The average molecular weight is 359 g/mol. The van der Waals surface area contributed by atoms with Crippen LogP contribution in [0.3, 0.4) is 0 Å². The number of carboxylic acid groups (broad SMARTS) is 1. The summed E-state index contributed by atoms with van der Waals surface area (Å²) in [7, 11) is 0. The number of hydrogen-bond acceptors (Lipinski definition) is 1. The Morgan fingerprint density at radius 3 is 2.19 bits per heavy atom. The second kappa shape index (κ2) is 15.7. The molecule has 1 aromatic rings. The third-order valence-electron chi connectivity index (χ3n) is 5.02. The zero-order valence-corrected chi connectivity index (χ0v) is 16.7. The maximum atomic E-state index is 11.1. The van der Waals surface area contributed by atoms with Crippen molar-refractivity contribution in [2.24, 2.45) is 5.92 Å². The summed E-state index contributed by atoms with van der Waals surface area (Å²) >= 11 is 0. The van der Waals surface area contributed by atoms with Crippen molar-refractivity contribution in [1.29, 1.82) is 0 Å². The minimum atomic E-state index is -0.658. The highest BCUT2D eigenvalue weighted by molar-refractivity contribution is 5.67. The molecule has 0 saturated heterocycles. The first-order chi connectivity index (χ1) is 12.7. The highest BCUT2D eigenvalue weighted by Gasteiger charge is 2.13. The van der Waals surface area contributed by atoms with Crippen LogP contribution in [-0.4, -0.2) is 11.1 Å². The molecule has 1 aromatic carbocycles. The van der Waals surface area contributed by atoms with Crippen molar-refractivity contribution in [1.82, 2.24) is 0 Å². The van der Waals surface area contributed by atoms with Gasteiger partial charge in [-0.3, -0.25) is 4.79 Å². The smallest absolute Gasteiger partial charge is 0.303 e. The molecule has 0 radical (unpaired) electrons. The van der Waals surface area contributed by atoms with E-state index in [2.05, 4.69) is 43.3 Å². The molecule has 0 heterocycles. The van der Waals surface area contributed by atoms with Crippen molar-refractivity contribution in [3.05, 3.63) is 48.0 Å². The molecule has 0 aromatic heterocycles. The van der Waals surface area contributed by atoms with E-state index in [1.165, 1.54) is 56.9 Å². The van der Waals surface area contributed by atoms with Gasteiger partial charge in [0.05, 0.1) is 0 Å². The summed E-state index contributed by atoms with van der Waals surface area (Å²) in [5.74, 6) is -0.351. The van der Waals surface area contributed by atoms with Crippen LogP contribution in [-0.2, 0) is 11.2 Å². The normalized spacial score (nSPS) is 12.5. The van der Waals surface area contributed by atoms with Crippen LogP contribution in [0.4, 0.5) is 0 Å². The molecule has 0 saturated carbocycles. The SMILES string of the molecule is CCCCCC/C=C\CCCCC[C@H](CCc1ccccc1)CC(=O)O. The minimum Gasteiger partial charge on any atom is -0.481 e. The molecular formula is C24H38O2. The van der Waals surface area contributed by atoms with Crippen molar-refractivity contribution < 1.29 is 9.90 Å². The molecule has 1 rings (SSSR count). The summed E-state index contributed by atoms with van der Waals surface area (Å²) in [6.45, 7) is 2.25. The van der Waals surface area contributed by atoms with Crippen LogP contribution in [0.25, 0.3) is 0 Å². The van der Waals surface area contributed by atoms with E-state index >= 15 is 0 Å². The van der Waals surface area contributed by atoms with Gasteiger partial charge in [0.25, 0.3) is 0 Å². The van der Waals surface area contributed by atoms with Crippen molar-refractivity contribution in [2.45, 2.75) is 90.4 Å². The van der Waals surface area contributed by atoms with E-state index in [4.69, 9.17) is 5.11 Å². The monoisotopic (exact) mass is 358 g/mol. The number of benzene rings is 1. The van der Waals surface area contributed by atoms with Crippen molar-refractivity contribution in [3.63, 3.8) is 0 Å².